The van der Waals surface area contributed by atoms with Crippen molar-refractivity contribution in [3.63, 3.8) is 0 Å². The highest BCUT2D eigenvalue weighted by molar-refractivity contribution is 7.99. The van der Waals surface area contributed by atoms with E-state index in [1.807, 2.05) is 11.8 Å². The fraction of sp³-hybridized carbons (Fsp3) is 0.429. The van der Waals surface area contributed by atoms with Gasteiger partial charge in [-0.05, 0) is 48.6 Å². The highest BCUT2D eigenvalue weighted by Crippen LogP contribution is 2.26. The fourth-order valence-corrected chi connectivity index (χ4v) is 3.45. The van der Waals surface area contributed by atoms with E-state index in [0.717, 1.165) is 17.9 Å². The minimum absolute atomic E-state index is 0.371. The van der Waals surface area contributed by atoms with Crippen LogP contribution in [0, 0.1) is 0 Å². The summed E-state index contributed by atoms with van der Waals surface area (Å²) in [6.45, 7) is 4.39. The van der Waals surface area contributed by atoms with E-state index in [4.69, 9.17) is 0 Å². The van der Waals surface area contributed by atoms with Crippen LogP contribution in [0.2, 0.25) is 0 Å². The summed E-state index contributed by atoms with van der Waals surface area (Å²) < 4.78 is 60.2. The molecule has 0 atom stereocenters. The van der Waals surface area contributed by atoms with Gasteiger partial charge in [0.25, 0.3) is 0 Å². The van der Waals surface area contributed by atoms with Gasteiger partial charge in [-0.2, -0.15) is 34.2 Å². The van der Waals surface area contributed by atoms with E-state index in [1.165, 1.54) is 54.5 Å². The smallest absolute Gasteiger partial charge is 0.376 e. The summed E-state index contributed by atoms with van der Waals surface area (Å²) in [5.74, 6) is 1.92. The summed E-state index contributed by atoms with van der Waals surface area (Å²) in [6.07, 6.45) is 5.13. The predicted molar refractivity (Wildman–Crippen MR) is 123 cm³/mol. The van der Waals surface area contributed by atoms with E-state index < -0.39 is 15.6 Å². The monoisotopic (exact) mass is 482 g/mol. The molecule has 0 N–H and O–H groups in total. The Morgan fingerprint density at radius 1 is 0.900 bits per heavy atom. The largest absolute Gasteiger partial charge is 0.534 e. The number of alkyl halides is 3. The zero-order valence-electron chi connectivity index (χ0n) is 17.1. The number of hydrogen-bond donors (Lipinski definition) is 1. The van der Waals surface area contributed by atoms with Crippen molar-refractivity contribution in [2.45, 2.75) is 49.9 Å². The third kappa shape index (κ3) is 13.8. The third-order valence-corrected chi connectivity index (χ3v) is 5.65. The molecule has 0 aliphatic carbocycles. The van der Waals surface area contributed by atoms with Gasteiger partial charge in [0, 0.05) is 4.90 Å². The lowest BCUT2D eigenvalue weighted by molar-refractivity contribution is -0.0500. The molecular weight excluding hydrogens is 453 g/mol. The third-order valence-electron chi connectivity index (χ3n) is 3.25. The van der Waals surface area contributed by atoms with E-state index >= 15 is 0 Å². The number of thiol groups is 1. The maximum absolute atomic E-state index is 11.8. The standard InChI is InChI=1S/C10H14S.C7H5F3O3S.C4H10S/c1-2-3-9-11-10-7-5-4-6-8-10;8-7(9,10)14(11,12)13-6-4-2-1-3-5-6;1-2-3-4-5/h4-8H,2-3,9H2,1H3;1-5H;5H,2-4H2,1H3. The molecule has 0 spiro atoms. The number of hydrogen-bond acceptors (Lipinski definition) is 5. The first-order valence-corrected chi connectivity index (χ1v) is 12.5. The van der Waals surface area contributed by atoms with E-state index in [0.29, 0.717) is 0 Å². The minimum Gasteiger partial charge on any atom is -0.376 e. The molecule has 9 heteroatoms. The molecule has 2 rings (SSSR count). The Kier molecular flexibility index (Phi) is 15.7. The van der Waals surface area contributed by atoms with Crippen LogP contribution in [0.4, 0.5) is 13.2 Å². The number of thioether (sulfide) groups is 1. The van der Waals surface area contributed by atoms with Crippen molar-refractivity contribution in [1.82, 2.24) is 0 Å². The molecule has 2 aromatic carbocycles. The van der Waals surface area contributed by atoms with E-state index in [1.54, 1.807) is 0 Å². The van der Waals surface area contributed by atoms with Gasteiger partial charge in [-0.15, -0.1) is 11.8 Å². The minimum atomic E-state index is -5.55. The number of para-hydroxylation sites is 1. The zero-order valence-corrected chi connectivity index (χ0v) is 19.7. The molecule has 2 aromatic rings. The van der Waals surface area contributed by atoms with E-state index in [-0.39, 0.29) is 5.75 Å². The lowest BCUT2D eigenvalue weighted by Gasteiger charge is -2.08. The highest BCUT2D eigenvalue weighted by Gasteiger charge is 2.48. The quantitative estimate of drug-likeness (QED) is 0.142. The average Bonchev–Trinajstić information content (AvgIpc) is 2.70. The van der Waals surface area contributed by atoms with Crippen molar-refractivity contribution in [1.29, 1.82) is 0 Å². The van der Waals surface area contributed by atoms with Gasteiger partial charge >= 0.3 is 15.6 Å². The molecule has 0 aromatic heterocycles. The van der Waals surface area contributed by atoms with Gasteiger partial charge in [-0.1, -0.05) is 63.1 Å². The second-order valence-electron chi connectivity index (χ2n) is 5.89. The lowest BCUT2D eigenvalue weighted by Crippen LogP contribution is -2.27. The maximum Gasteiger partial charge on any atom is 0.534 e. The van der Waals surface area contributed by atoms with Crippen molar-refractivity contribution < 1.29 is 25.8 Å². The highest BCUT2D eigenvalue weighted by atomic mass is 32.2. The molecule has 0 amide bonds. The van der Waals surface area contributed by atoms with Crippen molar-refractivity contribution >= 4 is 34.5 Å². The van der Waals surface area contributed by atoms with E-state index in [9.17, 15) is 21.6 Å². The Hall–Kier alpha value is -1.32. The van der Waals surface area contributed by atoms with Crippen LogP contribution in [-0.2, 0) is 10.1 Å². The fourth-order valence-electron chi connectivity index (χ4n) is 1.66. The van der Waals surface area contributed by atoms with E-state index in [2.05, 4.69) is 61.0 Å². The van der Waals surface area contributed by atoms with Gasteiger partial charge in [-0.25, -0.2) is 0 Å². The molecular formula is C21H29F3O3S3. The van der Waals surface area contributed by atoms with Crippen molar-refractivity contribution in [2.24, 2.45) is 0 Å². The first-order valence-electron chi connectivity index (χ1n) is 9.52. The molecule has 0 aliphatic heterocycles. The second-order valence-corrected chi connectivity index (χ2v) is 9.04. The van der Waals surface area contributed by atoms with Crippen LogP contribution in [0.5, 0.6) is 5.75 Å². The topological polar surface area (TPSA) is 43.4 Å². The SMILES string of the molecule is CCCCS.CCCCSc1ccccc1.O=S(=O)(Oc1ccccc1)C(F)(F)F. The van der Waals surface area contributed by atoms with Gasteiger partial charge < -0.3 is 4.18 Å². The van der Waals surface area contributed by atoms with Crippen molar-refractivity contribution in [2.75, 3.05) is 11.5 Å². The van der Waals surface area contributed by atoms with Crippen LogP contribution in [0.25, 0.3) is 0 Å². The Morgan fingerprint density at radius 2 is 1.40 bits per heavy atom. The molecule has 0 bridgehead atoms. The zero-order chi connectivity index (χ0) is 22.9. The van der Waals surface area contributed by atoms with Crippen LogP contribution >= 0.6 is 24.4 Å². The summed E-state index contributed by atoms with van der Waals surface area (Å²) in [6, 6.07) is 17.1. The summed E-state index contributed by atoms with van der Waals surface area (Å²) in [4.78, 5) is 1.39. The molecule has 0 heterocycles. The lowest BCUT2D eigenvalue weighted by atomic mass is 10.3. The van der Waals surface area contributed by atoms with Crippen LogP contribution in [0.3, 0.4) is 0 Å². The van der Waals surface area contributed by atoms with Crippen molar-refractivity contribution in [3.05, 3.63) is 60.7 Å². The summed E-state index contributed by atoms with van der Waals surface area (Å²) in [5, 5.41) is 0. The normalized spacial score (nSPS) is 10.9. The van der Waals surface area contributed by atoms with Gasteiger partial charge in [0.15, 0.2) is 0 Å². The molecule has 0 aliphatic rings. The number of rotatable bonds is 8. The number of unbranched alkanes of at least 4 members (excludes halogenated alkanes) is 2. The molecule has 0 unspecified atom stereocenters. The summed E-state index contributed by atoms with van der Waals surface area (Å²) in [5.41, 5.74) is -5.40. The van der Waals surface area contributed by atoms with Crippen LogP contribution < -0.4 is 4.18 Å². The van der Waals surface area contributed by atoms with Crippen LogP contribution in [0.15, 0.2) is 65.6 Å². The molecule has 0 fully saturated rings. The summed E-state index contributed by atoms with van der Waals surface area (Å²) in [7, 11) is -5.55. The Morgan fingerprint density at radius 3 is 1.80 bits per heavy atom. The molecule has 0 saturated carbocycles. The van der Waals surface area contributed by atoms with Gasteiger partial charge in [0.05, 0.1) is 0 Å². The molecule has 170 valence electrons. The Bertz CT molecular complexity index is 751. The Balaban J connectivity index is 0.000000468. The first kappa shape index (κ1) is 28.7. The first-order chi connectivity index (χ1) is 14.2. The number of benzene rings is 2. The predicted octanol–water partition coefficient (Wildman–Crippen LogP) is 7.21. The average molecular weight is 483 g/mol. The van der Waals surface area contributed by atoms with Gasteiger partial charge in [-0.3, -0.25) is 0 Å². The van der Waals surface area contributed by atoms with Gasteiger partial charge in [0.1, 0.15) is 5.75 Å². The Labute approximate surface area is 188 Å². The molecule has 3 nitrogen and oxygen atoms in total. The maximum atomic E-state index is 11.8. The summed E-state index contributed by atoms with van der Waals surface area (Å²) >= 11 is 5.95. The molecule has 0 saturated heterocycles. The second kappa shape index (κ2) is 16.4. The van der Waals surface area contributed by atoms with Gasteiger partial charge in [0.2, 0.25) is 0 Å². The number of halogens is 3. The van der Waals surface area contributed by atoms with Crippen LogP contribution in [-0.4, -0.2) is 25.4 Å². The molecule has 30 heavy (non-hydrogen) atoms. The van der Waals surface area contributed by atoms with Crippen molar-refractivity contribution in [3.8, 4) is 5.75 Å². The van der Waals surface area contributed by atoms with Crippen LogP contribution in [0.1, 0.15) is 39.5 Å². The molecule has 0 radical (unpaired) electrons.